The van der Waals surface area contributed by atoms with E-state index < -0.39 is 15.2 Å². The van der Waals surface area contributed by atoms with E-state index in [0.717, 1.165) is 46.6 Å². The van der Waals surface area contributed by atoms with E-state index in [2.05, 4.69) is 43.8 Å². The van der Waals surface area contributed by atoms with Crippen molar-refractivity contribution < 1.29 is 9.47 Å². The van der Waals surface area contributed by atoms with Crippen LogP contribution < -0.4 is 9.47 Å². The van der Waals surface area contributed by atoms with Gasteiger partial charge in [-0.15, -0.1) is 0 Å². The van der Waals surface area contributed by atoms with Crippen LogP contribution in [-0.2, 0) is 15.2 Å². The maximum absolute atomic E-state index is 5.93. The van der Waals surface area contributed by atoms with Gasteiger partial charge in [-0.05, 0) is 59.4 Å². The second kappa shape index (κ2) is 23.5. The van der Waals surface area contributed by atoms with Gasteiger partial charge in [0.1, 0.15) is 11.5 Å². The zero-order valence-corrected chi connectivity index (χ0v) is 42.5. The van der Waals surface area contributed by atoms with Crippen molar-refractivity contribution in [1.82, 2.24) is 29.9 Å². The molecule has 0 radical (unpaired) electrons. The third kappa shape index (κ3) is 16.4. The van der Waals surface area contributed by atoms with Gasteiger partial charge in [-0.3, -0.25) is 0 Å². The second-order valence-electron chi connectivity index (χ2n) is 13.4. The number of benzene rings is 4. The lowest BCUT2D eigenvalue weighted by Crippen LogP contribution is -2.16. The van der Waals surface area contributed by atoms with Gasteiger partial charge in [0.05, 0.1) is 13.2 Å². The number of hydrogen-bond acceptors (Lipinski definition) is 8. The van der Waals surface area contributed by atoms with Crippen molar-refractivity contribution in [3.63, 3.8) is 0 Å². The minimum atomic E-state index is -1.90. The summed E-state index contributed by atoms with van der Waals surface area (Å²) in [6.07, 6.45) is 9.90. The molecule has 6 aromatic rings. The Hall–Kier alpha value is -2.54. The van der Waals surface area contributed by atoms with Gasteiger partial charge in [0.2, 0.25) is 15.2 Å². The zero-order chi connectivity index (χ0) is 46.7. The van der Waals surface area contributed by atoms with Crippen LogP contribution in [-0.4, -0.2) is 43.1 Å². The molecule has 2 aromatic heterocycles. The number of alkyl halides is 12. The molecule has 0 aliphatic heterocycles. The van der Waals surface area contributed by atoms with Crippen molar-refractivity contribution in [3.05, 3.63) is 143 Å². The first-order valence-electron chi connectivity index (χ1n) is 19.0. The molecular formula is C44H34Cl12N6O2. The molecule has 20 heteroatoms. The monoisotopic (exact) mass is 1100 g/mol. The molecule has 0 spiro atoms. The molecule has 2 heterocycles. The highest BCUT2D eigenvalue weighted by molar-refractivity contribution is 6.68. The fourth-order valence-electron chi connectivity index (χ4n) is 5.21. The molecule has 0 bridgehead atoms. The van der Waals surface area contributed by atoms with Gasteiger partial charge in [0.25, 0.3) is 0 Å². The van der Waals surface area contributed by atoms with E-state index in [9.17, 15) is 0 Å². The van der Waals surface area contributed by atoms with Gasteiger partial charge in [-0.1, -0.05) is 250 Å². The summed E-state index contributed by atoms with van der Waals surface area (Å²) < 4.78 is 3.66. The number of ether oxygens (including phenoxy) is 2. The third-order valence-electron chi connectivity index (χ3n) is 8.24. The molecule has 0 aliphatic carbocycles. The normalized spacial score (nSPS) is 12.3. The van der Waals surface area contributed by atoms with Gasteiger partial charge >= 0.3 is 0 Å². The minimum absolute atomic E-state index is 0.135. The van der Waals surface area contributed by atoms with E-state index in [4.69, 9.17) is 149 Å². The first kappa shape index (κ1) is 52.4. The quantitative estimate of drug-likeness (QED) is 0.0883. The van der Waals surface area contributed by atoms with Gasteiger partial charge in [0, 0.05) is 11.1 Å². The van der Waals surface area contributed by atoms with Crippen LogP contribution in [0.15, 0.2) is 97.1 Å². The minimum Gasteiger partial charge on any atom is -0.494 e. The fourth-order valence-corrected chi connectivity index (χ4v) is 6.23. The van der Waals surface area contributed by atoms with Gasteiger partial charge in [-0.25, -0.2) is 29.9 Å². The summed E-state index contributed by atoms with van der Waals surface area (Å²) in [5.74, 6) is 1.60. The Balaban J connectivity index is 0.000000241. The van der Waals surface area contributed by atoms with Gasteiger partial charge in [-0.2, -0.15) is 0 Å². The van der Waals surface area contributed by atoms with Crippen LogP contribution in [0.1, 0.15) is 72.2 Å². The average Bonchev–Trinajstić information content (AvgIpc) is 3.26. The summed E-state index contributed by atoms with van der Waals surface area (Å²) in [6, 6.07) is 30.7. The number of aromatic nitrogens is 6. The van der Waals surface area contributed by atoms with Crippen LogP contribution in [0.3, 0.4) is 0 Å². The van der Waals surface area contributed by atoms with Crippen LogP contribution in [0.4, 0.5) is 0 Å². The summed E-state index contributed by atoms with van der Waals surface area (Å²) in [6.45, 7) is 5.53. The Labute approximate surface area is 431 Å². The lowest BCUT2D eigenvalue weighted by atomic mass is 10.1. The SMILES string of the molecule is CCCOc1ccc(C=Cc2ccc(-c3nc(C(Cl)(Cl)Cl)nc(C(Cl)(Cl)Cl)n3)cc2)cc1.CCCOc1cccc(C=Cc2ccc(-c3nc(C(Cl)(Cl)Cl)nc(C(Cl)(Cl)Cl)n3)cc2)c1. The number of halogens is 12. The van der Waals surface area contributed by atoms with Crippen LogP contribution in [0.2, 0.25) is 0 Å². The highest BCUT2D eigenvalue weighted by Crippen LogP contribution is 2.42. The molecule has 0 saturated carbocycles. The zero-order valence-electron chi connectivity index (χ0n) is 33.4. The molecule has 8 nitrogen and oxygen atoms in total. The predicted molar refractivity (Wildman–Crippen MR) is 270 cm³/mol. The number of hydrogen-bond donors (Lipinski definition) is 0. The summed E-state index contributed by atoms with van der Waals surface area (Å²) in [5, 5.41) is 0. The van der Waals surface area contributed by atoms with Crippen molar-refractivity contribution >= 4 is 164 Å². The van der Waals surface area contributed by atoms with Crippen molar-refractivity contribution in [3.8, 4) is 34.3 Å². The van der Waals surface area contributed by atoms with E-state index >= 15 is 0 Å². The average molecular weight is 1100 g/mol. The van der Waals surface area contributed by atoms with Crippen molar-refractivity contribution in [2.45, 2.75) is 41.9 Å². The number of nitrogens with zero attached hydrogens (tertiary/aromatic N) is 6. The van der Waals surface area contributed by atoms with Crippen LogP contribution >= 0.6 is 139 Å². The Bertz CT molecular complexity index is 2460. The molecule has 0 N–H and O–H groups in total. The predicted octanol–water partition coefficient (Wildman–Crippen LogP) is 16.3. The number of rotatable bonds is 12. The second-order valence-corrected chi connectivity index (χ2v) is 22.5. The van der Waals surface area contributed by atoms with E-state index in [0.29, 0.717) is 24.3 Å². The van der Waals surface area contributed by atoms with E-state index in [1.807, 2.05) is 121 Å². The summed E-state index contributed by atoms with van der Waals surface area (Å²) >= 11 is 71.2. The highest BCUT2D eigenvalue weighted by atomic mass is 35.6. The Kier molecular flexibility index (Phi) is 19.2. The topological polar surface area (TPSA) is 95.8 Å². The van der Waals surface area contributed by atoms with E-state index in [-0.39, 0.29) is 34.9 Å². The lowest BCUT2D eigenvalue weighted by Gasteiger charge is -2.15. The fraction of sp³-hybridized carbons (Fsp3) is 0.227. The van der Waals surface area contributed by atoms with Crippen LogP contribution in [0.25, 0.3) is 47.1 Å². The molecule has 0 fully saturated rings. The maximum Gasteiger partial charge on any atom is 0.250 e. The molecule has 0 aliphatic rings. The summed E-state index contributed by atoms with van der Waals surface area (Å²) in [4.78, 5) is 24.8. The van der Waals surface area contributed by atoms with Crippen molar-refractivity contribution in [2.75, 3.05) is 13.2 Å². The molecule has 64 heavy (non-hydrogen) atoms. The standard InChI is InChI=1S/2C22H17Cl6N3O/c1-2-13-32-17-11-7-15(8-12-17)4-3-14-5-9-16(10-6-14)18-29-19(21(23,24)25)31-20(30-18)22(26,27)28;1-2-12-32-17-5-3-4-15(13-17)7-6-14-8-10-16(11-9-14)18-29-19(21(23,24)25)31-20(30-18)22(26,27)28/h3-12H,2,13H2,1H3;3-11,13H,2,12H2,1H3. The van der Waals surface area contributed by atoms with E-state index in [1.54, 1.807) is 0 Å². The van der Waals surface area contributed by atoms with Crippen LogP contribution in [0, 0.1) is 0 Å². The maximum atomic E-state index is 5.93. The largest absolute Gasteiger partial charge is 0.494 e. The molecule has 4 aromatic carbocycles. The molecule has 0 atom stereocenters. The van der Waals surface area contributed by atoms with Gasteiger partial charge in [0.15, 0.2) is 34.9 Å². The van der Waals surface area contributed by atoms with E-state index in [1.165, 1.54) is 0 Å². The lowest BCUT2D eigenvalue weighted by molar-refractivity contribution is 0.317. The van der Waals surface area contributed by atoms with Crippen LogP contribution in [0.5, 0.6) is 11.5 Å². The van der Waals surface area contributed by atoms with Crippen molar-refractivity contribution in [1.29, 1.82) is 0 Å². The first-order valence-corrected chi connectivity index (χ1v) is 23.5. The van der Waals surface area contributed by atoms with Gasteiger partial charge < -0.3 is 9.47 Å². The Morgan fingerprint density at radius 1 is 0.391 bits per heavy atom. The molecule has 0 unspecified atom stereocenters. The Morgan fingerprint density at radius 2 is 0.719 bits per heavy atom. The highest BCUT2D eigenvalue weighted by Gasteiger charge is 2.35. The molecule has 336 valence electrons. The first-order chi connectivity index (χ1) is 30.1. The Morgan fingerprint density at radius 3 is 1.06 bits per heavy atom. The summed E-state index contributed by atoms with van der Waals surface area (Å²) in [5.41, 5.74) is 5.30. The van der Waals surface area contributed by atoms with Crippen molar-refractivity contribution in [2.24, 2.45) is 0 Å². The molecule has 0 saturated heterocycles. The molecular weight excluding hydrogens is 1070 g/mol. The smallest absolute Gasteiger partial charge is 0.250 e. The third-order valence-corrected chi connectivity index (χ3v) is 10.3. The summed E-state index contributed by atoms with van der Waals surface area (Å²) in [7, 11) is 0. The molecule has 0 amide bonds. The molecule has 6 rings (SSSR count).